The normalized spacial score (nSPS) is 19.7. The van der Waals surface area contributed by atoms with E-state index >= 15 is 0 Å². The second-order valence-corrected chi connectivity index (χ2v) is 5.86. The zero-order valence-electron chi connectivity index (χ0n) is 9.60. The topological polar surface area (TPSA) is 12.0 Å². The standard InChI is InChI=1S/C13H18BrN/c1-9-4-5-11(14)12(8-9)15-10(2)13(3)6-7-13/h4-5,8,10,15H,6-7H2,1-3H3. The first-order valence-corrected chi connectivity index (χ1v) is 6.33. The van der Waals surface area contributed by atoms with Gasteiger partial charge in [-0.3, -0.25) is 0 Å². The molecule has 1 aliphatic carbocycles. The van der Waals surface area contributed by atoms with E-state index in [1.807, 2.05) is 0 Å². The van der Waals surface area contributed by atoms with Gasteiger partial charge in [0.15, 0.2) is 0 Å². The average Bonchev–Trinajstić information content (AvgIpc) is 2.91. The number of aryl methyl sites for hydroxylation is 1. The van der Waals surface area contributed by atoms with Gasteiger partial charge in [0.05, 0.1) is 0 Å². The van der Waals surface area contributed by atoms with E-state index < -0.39 is 0 Å². The molecule has 1 aromatic rings. The van der Waals surface area contributed by atoms with Gasteiger partial charge in [0.1, 0.15) is 0 Å². The summed E-state index contributed by atoms with van der Waals surface area (Å²) < 4.78 is 1.16. The molecule has 1 nitrogen and oxygen atoms in total. The van der Waals surface area contributed by atoms with Crippen LogP contribution in [-0.2, 0) is 0 Å². The SMILES string of the molecule is Cc1ccc(Br)c(NC(C)C2(C)CC2)c1. The van der Waals surface area contributed by atoms with Crippen molar-refractivity contribution in [3.8, 4) is 0 Å². The molecule has 0 bridgehead atoms. The maximum absolute atomic E-state index is 3.61. The third-order valence-corrected chi connectivity index (χ3v) is 4.27. The van der Waals surface area contributed by atoms with Crippen molar-refractivity contribution >= 4 is 21.6 Å². The van der Waals surface area contributed by atoms with Gasteiger partial charge in [-0.2, -0.15) is 0 Å². The highest BCUT2D eigenvalue weighted by Gasteiger charge is 2.42. The van der Waals surface area contributed by atoms with Gasteiger partial charge in [-0.15, -0.1) is 0 Å². The molecular formula is C13H18BrN. The Kier molecular flexibility index (Phi) is 2.80. The van der Waals surface area contributed by atoms with E-state index in [9.17, 15) is 0 Å². The predicted molar refractivity (Wildman–Crippen MR) is 69.3 cm³/mol. The van der Waals surface area contributed by atoms with Crippen LogP contribution in [0.1, 0.15) is 32.3 Å². The minimum Gasteiger partial charge on any atom is -0.381 e. The molecule has 1 fully saturated rings. The van der Waals surface area contributed by atoms with E-state index in [1.165, 1.54) is 24.1 Å². The summed E-state index contributed by atoms with van der Waals surface area (Å²) in [5, 5.41) is 3.61. The molecule has 0 amide bonds. The number of hydrogen-bond acceptors (Lipinski definition) is 1. The second-order valence-electron chi connectivity index (χ2n) is 5.00. The highest BCUT2D eigenvalue weighted by atomic mass is 79.9. The van der Waals surface area contributed by atoms with Gasteiger partial charge < -0.3 is 5.32 Å². The van der Waals surface area contributed by atoms with Crippen molar-refractivity contribution in [3.63, 3.8) is 0 Å². The molecule has 1 aliphatic rings. The molecule has 0 aliphatic heterocycles. The third-order valence-electron chi connectivity index (χ3n) is 3.58. The van der Waals surface area contributed by atoms with Crippen LogP contribution < -0.4 is 5.32 Å². The Bertz CT molecular complexity index is 369. The molecule has 0 aromatic heterocycles. The molecule has 0 spiro atoms. The Labute approximate surface area is 100 Å². The van der Waals surface area contributed by atoms with Gasteiger partial charge in [-0.25, -0.2) is 0 Å². The molecule has 0 radical (unpaired) electrons. The molecular weight excluding hydrogens is 250 g/mol. The summed E-state index contributed by atoms with van der Waals surface area (Å²) in [6.07, 6.45) is 2.70. The van der Waals surface area contributed by atoms with Crippen molar-refractivity contribution in [3.05, 3.63) is 28.2 Å². The van der Waals surface area contributed by atoms with Gasteiger partial charge in [-0.1, -0.05) is 13.0 Å². The highest BCUT2D eigenvalue weighted by molar-refractivity contribution is 9.10. The molecule has 15 heavy (non-hydrogen) atoms. The highest BCUT2D eigenvalue weighted by Crippen LogP contribution is 2.49. The fourth-order valence-electron chi connectivity index (χ4n) is 1.79. The summed E-state index contributed by atoms with van der Waals surface area (Å²) in [6, 6.07) is 6.99. The number of anilines is 1. The largest absolute Gasteiger partial charge is 0.381 e. The van der Waals surface area contributed by atoms with Gasteiger partial charge in [0, 0.05) is 16.2 Å². The first kappa shape index (κ1) is 11.0. The molecule has 1 unspecified atom stereocenters. The molecule has 82 valence electrons. The third kappa shape index (κ3) is 2.36. The van der Waals surface area contributed by atoms with Crippen molar-refractivity contribution in [1.29, 1.82) is 0 Å². The van der Waals surface area contributed by atoms with Crippen molar-refractivity contribution in [2.75, 3.05) is 5.32 Å². The van der Waals surface area contributed by atoms with E-state index in [4.69, 9.17) is 0 Å². The minimum atomic E-state index is 0.517. The van der Waals surface area contributed by atoms with Crippen LogP contribution in [0.15, 0.2) is 22.7 Å². The molecule has 0 saturated heterocycles. The Hall–Kier alpha value is -0.500. The van der Waals surface area contributed by atoms with Gasteiger partial charge in [-0.05, 0) is 65.7 Å². The molecule has 1 aromatic carbocycles. The van der Waals surface area contributed by atoms with Crippen LogP contribution in [0, 0.1) is 12.3 Å². The Morgan fingerprint density at radius 2 is 2.07 bits per heavy atom. The van der Waals surface area contributed by atoms with Crippen LogP contribution in [-0.4, -0.2) is 6.04 Å². The molecule has 1 atom stereocenters. The lowest BCUT2D eigenvalue weighted by Gasteiger charge is -2.22. The average molecular weight is 268 g/mol. The van der Waals surface area contributed by atoms with E-state index in [2.05, 4.69) is 60.2 Å². The predicted octanol–water partition coefficient (Wildman–Crippen LogP) is 4.36. The zero-order chi connectivity index (χ0) is 11.1. The fourth-order valence-corrected chi connectivity index (χ4v) is 2.15. The van der Waals surface area contributed by atoms with Crippen molar-refractivity contribution in [1.82, 2.24) is 0 Å². The Morgan fingerprint density at radius 3 is 2.67 bits per heavy atom. The summed E-state index contributed by atoms with van der Waals surface area (Å²) in [6.45, 7) is 6.76. The van der Waals surface area contributed by atoms with Crippen molar-refractivity contribution < 1.29 is 0 Å². The van der Waals surface area contributed by atoms with Crippen molar-refractivity contribution in [2.45, 2.75) is 39.7 Å². The molecule has 1 N–H and O–H groups in total. The van der Waals surface area contributed by atoms with Crippen LogP contribution in [0.5, 0.6) is 0 Å². The van der Waals surface area contributed by atoms with Crippen LogP contribution >= 0.6 is 15.9 Å². The summed E-state index contributed by atoms with van der Waals surface area (Å²) in [5.41, 5.74) is 3.04. The van der Waals surface area contributed by atoms with Crippen LogP contribution in [0.25, 0.3) is 0 Å². The number of nitrogens with one attached hydrogen (secondary N) is 1. The summed E-state index contributed by atoms with van der Waals surface area (Å²) in [5.74, 6) is 0. The van der Waals surface area contributed by atoms with E-state index in [0.29, 0.717) is 11.5 Å². The lowest BCUT2D eigenvalue weighted by Crippen LogP contribution is -2.25. The first-order chi connectivity index (χ1) is 7.01. The quantitative estimate of drug-likeness (QED) is 0.858. The van der Waals surface area contributed by atoms with Crippen LogP contribution in [0.3, 0.4) is 0 Å². The molecule has 2 heteroatoms. The summed E-state index contributed by atoms with van der Waals surface area (Å²) in [7, 11) is 0. The Balaban J connectivity index is 2.13. The number of rotatable bonds is 3. The zero-order valence-corrected chi connectivity index (χ0v) is 11.2. The number of hydrogen-bond donors (Lipinski definition) is 1. The fraction of sp³-hybridized carbons (Fsp3) is 0.538. The van der Waals surface area contributed by atoms with Gasteiger partial charge in [0.25, 0.3) is 0 Å². The maximum Gasteiger partial charge on any atom is 0.0489 e. The minimum absolute atomic E-state index is 0.517. The van der Waals surface area contributed by atoms with Crippen LogP contribution in [0.4, 0.5) is 5.69 Å². The second kappa shape index (κ2) is 3.82. The van der Waals surface area contributed by atoms with Crippen molar-refractivity contribution in [2.24, 2.45) is 5.41 Å². The van der Waals surface area contributed by atoms with Gasteiger partial charge in [0.2, 0.25) is 0 Å². The molecule has 1 saturated carbocycles. The first-order valence-electron chi connectivity index (χ1n) is 5.54. The molecule has 0 heterocycles. The van der Waals surface area contributed by atoms with E-state index in [-0.39, 0.29) is 0 Å². The number of halogens is 1. The monoisotopic (exact) mass is 267 g/mol. The summed E-state index contributed by atoms with van der Waals surface area (Å²) >= 11 is 3.58. The Morgan fingerprint density at radius 1 is 1.40 bits per heavy atom. The van der Waals surface area contributed by atoms with Crippen LogP contribution in [0.2, 0.25) is 0 Å². The van der Waals surface area contributed by atoms with E-state index in [0.717, 1.165) is 4.47 Å². The number of benzene rings is 1. The van der Waals surface area contributed by atoms with Gasteiger partial charge >= 0.3 is 0 Å². The van der Waals surface area contributed by atoms with E-state index in [1.54, 1.807) is 0 Å². The lowest BCUT2D eigenvalue weighted by atomic mass is 10.0. The lowest BCUT2D eigenvalue weighted by molar-refractivity contribution is 0.493. The smallest absolute Gasteiger partial charge is 0.0489 e. The molecule has 2 rings (SSSR count). The summed E-state index contributed by atoms with van der Waals surface area (Å²) in [4.78, 5) is 0. The maximum atomic E-state index is 3.61.